The van der Waals surface area contributed by atoms with Crippen LogP contribution in [0.3, 0.4) is 0 Å². The fourth-order valence-corrected chi connectivity index (χ4v) is 3.15. The zero-order valence-electron chi connectivity index (χ0n) is 13.4. The molecular formula is C18H23ClN2O2. The summed E-state index contributed by atoms with van der Waals surface area (Å²) in [6.45, 7) is 2.45. The van der Waals surface area contributed by atoms with E-state index in [4.69, 9.17) is 11.6 Å². The quantitative estimate of drug-likeness (QED) is 0.812. The standard InChI is InChI=1S/C18H23ClN2O2/c1-2-20-17(23)18(11-4-3-5-12-18)21-16(22)10-9-14-7-6-8-15(19)13-14/h6-10,13H,2-5,11-12H2,1H3,(H,20,23)(H,21,22)/b10-9+. The van der Waals surface area contributed by atoms with Crippen LogP contribution in [0.4, 0.5) is 0 Å². The maximum atomic E-state index is 12.4. The molecule has 0 aliphatic heterocycles. The molecule has 0 spiro atoms. The SMILES string of the molecule is CCNC(=O)C1(NC(=O)/C=C/c2cccc(Cl)c2)CCCCC1. The number of nitrogens with one attached hydrogen (secondary N) is 2. The number of hydrogen-bond donors (Lipinski definition) is 2. The summed E-state index contributed by atoms with van der Waals surface area (Å²) in [7, 11) is 0. The molecule has 1 aliphatic rings. The average Bonchev–Trinajstić information content (AvgIpc) is 2.54. The Balaban J connectivity index is 2.06. The first-order valence-electron chi connectivity index (χ1n) is 8.10. The molecule has 1 fully saturated rings. The first-order valence-corrected chi connectivity index (χ1v) is 8.48. The molecule has 124 valence electrons. The Kier molecular flexibility index (Phi) is 6.22. The summed E-state index contributed by atoms with van der Waals surface area (Å²) >= 11 is 5.93. The molecule has 4 nitrogen and oxygen atoms in total. The van der Waals surface area contributed by atoms with Crippen molar-refractivity contribution < 1.29 is 9.59 Å². The predicted octanol–water partition coefficient (Wildman–Crippen LogP) is 3.31. The molecule has 0 heterocycles. The molecule has 0 aromatic heterocycles. The van der Waals surface area contributed by atoms with Gasteiger partial charge in [0.2, 0.25) is 11.8 Å². The fourth-order valence-electron chi connectivity index (χ4n) is 2.95. The Morgan fingerprint density at radius 3 is 2.65 bits per heavy atom. The minimum atomic E-state index is -0.774. The van der Waals surface area contributed by atoms with Crippen molar-refractivity contribution in [3.63, 3.8) is 0 Å². The van der Waals surface area contributed by atoms with E-state index in [0.717, 1.165) is 24.8 Å². The van der Waals surface area contributed by atoms with Gasteiger partial charge in [0.1, 0.15) is 5.54 Å². The smallest absolute Gasteiger partial charge is 0.245 e. The molecule has 5 heteroatoms. The lowest BCUT2D eigenvalue weighted by atomic mass is 9.80. The lowest BCUT2D eigenvalue weighted by Gasteiger charge is -2.36. The maximum absolute atomic E-state index is 12.4. The van der Waals surface area contributed by atoms with Gasteiger partial charge < -0.3 is 10.6 Å². The number of rotatable bonds is 5. The van der Waals surface area contributed by atoms with Gasteiger partial charge in [-0.3, -0.25) is 9.59 Å². The van der Waals surface area contributed by atoms with Crippen molar-refractivity contribution in [2.75, 3.05) is 6.54 Å². The fraction of sp³-hybridized carbons (Fsp3) is 0.444. The minimum absolute atomic E-state index is 0.0794. The van der Waals surface area contributed by atoms with E-state index in [9.17, 15) is 9.59 Å². The average molecular weight is 335 g/mol. The van der Waals surface area contributed by atoms with Crippen LogP contribution in [0.25, 0.3) is 6.08 Å². The molecule has 23 heavy (non-hydrogen) atoms. The molecule has 2 rings (SSSR count). The normalized spacial score (nSPS) is 17.0. The second kappa shape index (κ2) is 8.16. The van der Waals surface area contributed by atoms with Gasteiger partial charge in [-0.25, -0.2) is 0 Å². The van der Waals surface area contributed by atoms with Gasteiger partial charge in [0.25, 0.3) is 0 Å². The number of amides is 2. The number of halogens is 1. The molecular weight excluding hydrogens is 312 g/mol. The summed E-state index contributed by atoms with van der Waals surface area (Å²) in [6, 6.07) is 7.27. The zero-order chi connectivity index (χ0) is 16.7. The lowest BCUT2D eigenvalue weighted by Crippen LogP contribution is -2.59. The number of hydrogen-bond acceptors (Lipinski definition) is 2. The highest BCUT2D eigenvalue weighted by Gasteiger charge is 2.40. The van der Waals surface area contributed by atoms with E-state index >= 15 is 0 Å². The van der Waals surface area contributed by atoms with Crippen molar-refractivity contribution in [2.24, 2.45) is 0 Å². The van der Waals surface area contributed by atoms with Gasteiger partial charge in [-0.2, -0.15) is 0 Å². The first kappa shape index (κ1) is 17.5. The van der Waals surface area contributed by atoms with Crippen LogP contribution < -0.4 is 10.6 Å². The third-order valence-electron chi connectivity index (χ3n) is 4.12. The second-order valence-electron chi connectivity index (χ2n) is 5.88. The molecule has 1 aromatic carbocycles. The van der Waals surface area contributed by atoms with E-state index in [1.54, 1.807) is 18.2 Å². The van der Waals surface area contributed by atoms with Crippen molar-refractivity contribution in [2.45, 2.75) is 44.6 Å². The largest absolute Gasteiger partial charge is 0.354 e. The molecule has 0 atom stereocenters. The summed E-state index contributed by atoms with van der Waals surface area (Å²) < 4.78 is 0. The van der Waals surface area contributed by atoms with E-state index in [2.05, 4.69) is 10.6 Å². The molecule has 0 bridgehead atoms. The summed E-state index contributed by atoms with van der Waals surface area (Å²) in [5.41, 5.74) is 0.0765. The predicted molar refractivity (Wildman–Crippen MR) is 93.1 cm³/mol. The highest BCUT2D eigenvalue weighted by Crippen LogP contribution is 2.28. The van der Waals surface area contributed by atoms with Crippen molar-refractivity contribution in [1.82, 2.24) is 10.6 Å². The molecule has 0 radical (unpaired) electrons. The summed E-state index contributed by atoms with van der Waals surface area (Å²) in [4.78, 5) is 24.7. The van der Waals surface area contributed by atoms with Crippen molar-refractivity contribution in [3.8, 4) is 0 Å². The molecule has 1 aliphatic carbocycles. The molecule has 1 aromatic rings. The van der Waals surface area contributed by atoms with Crippen molar-refractivity contribution >= 4 is 29.5 Å². The van der Waals surface area contributed by atoms with Crippen LogP contribution in [0, 0.1) is 0 Å². The van der Waals surface area contributed by atoms with Crippen LogP contribution in [0.5, 0.6) is 0 Å². The third-order valence-corrected chi connectivity index (χ3v) is 4.35. The Bertz CT molecular complexity index is 592. The van der Waals surface area contributed by atoms with Crippen LogP contribution in [-0.2, 0) is 9.59 Å². The van der Waals surface area contributed by atoms with Gasteiger partial charge in [0.05, 0.1) is 0 Å². The van der Waals surface area contributed by atoms with Gasteiger partial charge >= 0.3 is 0 Å². The van der Waals surface area contributed by atoms with Crippen LogP contribution >= 0.6 is 11.6 Å². The van der Waals surface area contributed by atoms with Gasteiger partial charge in [0, 0.05) is 17.6 Å². The second-order valence-corrected chi connectivity index (χ2v) is 6.32. The summed E-state index contributed by atoms with van der Waals surface area (Å²) in [5, 5.41) is 6.40. The Hall–Kier alpha value is -1.81. The van der Waals surface area contributed by atoms with E-state index < -0.39 is 5.54 Å². The van der Waals surface area contributed by atoms with E-state index in [1.165, 1.54) is 6.08 Å². The van der Waals surface area contributed by atoms with Crippen LogP contribution in [-0.4, -0.2) is 23.9 Å². The maximum Gasteiger partial charge on any atom is 0.245 e. The molecule has 2 amide bonds. The topological polar surface area (TPSA) is 58.2 Å². The molecule has 1 saturated carbocycles. The summed E-state index contributed by atoms with van der Waals surface area (Å²) in [5.74, 6) is -0.331. The van der Waals surface area contributed by atoms with Crippen LogP contribution in [0.1, 0.15) is 44.6 Å². The number of carbonyl (C=O) groups excluding carboxylic acids is 2. The minimum Gasteiger partial charge on any atom is -0.354 e. The monoisotopic (exact) mass is 334 g/mol. The Morgan fingerprint density at radius 1 is 1.26 bits per heavy atom. The number of benzene rings is 1. The van der Waals surface area contributed by atoms with E-state index in [0.29, 0.717) is 24.4 Å². The third kappa shape index (κ3) is 4.83. The van der Waals surface area contributed by atoms with Crippen molar-refractivity contribution in [1.29, 1.82) is 0 Å². The van der Waals surface area contributed by atoms with E-state index in [1.807, 2.05) is 19.1 Å². The van der Waals surface area contributed by atoms with Crippen molar-refractivity contribution in [3.05, 3.63) is 40.9 Å². The zero-order valence-corrected chi connectivity index (χ0v) is 14.2. The van der Waals surface area contributed by atoms with Gasteiger partial charge in [-0.15, -0.1) is 0 Å². The van der Waals surface area contributed by atoms with Crippen LogP contribution in [0.2, 0.25) is 5.02 Å². The molecule has 0 unspecified atom stereocenters. The number of carbonyl (C=O) groups is 2. The van der Waals surface area contributed by atoms with Gasteiger partial charge in [-0.05, 0) is 43.5 Å². The highest BCUT2D eigenvalue weighted by molar-refractivity contribution is 6.30. The van der Waals surface area contributed by atoms with E-state index in [-0.39, 0.29) is 11.8 Å². The highest BCUT2D eigenvalue weighted by atomic mass is 35.5. The van der Waals surface area contributed by atoms with Gasteiger partial charge in [0.15, 0.2) is 0 Å². The molecule has 2 N–H and O–H groups in total. The van der Waals surface area contributed by atoms with Gasteiger partial charge in [-0.1, -0.05) is 43.0 Å². The molecule has 0 saturated heterocycles. The lowest BCUT2D eigenvalue weighted by molar-refractivity contribution is -0.133. The Morgan fingerprint density at radius 2 is 2.00 bits per heavy atom. The summed E-state index contributed by atoms with van der Waals surface area (Å²) in [6.07, 6.45) is 7.56. The number of likely N-dealkylation sites (N-methyl/N-ethyl adjacent to an activating group) is 1. The first-order chi connectivity index (χ1) is 11.1. The van der Waals surface area contributed by atoms with Crippen LogP contribution in [0.15, 0.2) is 30.3 Å². The Labute approximate surface area is 142 Å².